The van der Waals surface area contributed by atoms with Crippen molar-refractivity contribution in [2.75, 3.05) is 0 Å². The van der Waals surface area contributed by atoms with Gasteiger partial charge in [-0.25, -0.2) is 0 Å². The first-order valence-corrected chi connectivity index (χ1v) is 4.63. The van der Waals surface area contributed by atoms with Crippen LogP contribution < -0.4 is 5.32 Å². The maximum absolute atomic E-state index is 4.01. The monoisotopic (exact) mass is 153 g/mol. The van der Waals surface area contributed by atoms with Crippen LogP contribution in [0.3, 0.4) is 0 Å². The zero-order chi connectivity index (χ0) is 8.27. The van der Waals surface area contributed by atoms with Crippen molar-refractivity contribution in [2.45, 2.75) is 45.6 Å². The summed E-state index contributed by atoms with van der Waals surface area (Å²) in [7, 11) is 0. The van der Waals surface area contributed by atoms with E-state index in [9.17, 15) is 0 Å². The molecule has 0 aliphatic heterocycles. The molecule has 11 heavy (non-hydrogen) atoms. The molecule has 0 amide bonds. The number of nitrogens with one attached hydrogen (secondary N) is 1. The molecule has 0 saturated heterocycles. The van der Waals surface area contributed by atoms with E-state index in [1.807, 2.05) is 0 Å². The van der Waals surface area contributed by atoms with E-state index in [1.54, 1.807) is 0 Å². The Bertz CT molecular complexity index is 134. The Balaban J connectivity index is 2.09. The van der Waals surface area contributed by atoms with Crippen molar-refractivity contribution in [3.05, 3.63) is 12.3 Å². The molecule has 1 aliphatic rings. The fourth-order valence-corrected chi connectivity index (χ4v) is 1.51. The highest BCUT2D eigenvalue weighted by molar-refractivity contribution is 4.95. The van der Waals surface area contributed by atoms with E-state index in [0.717, 1.165) is 5.92 Å². The van der Waals surface area contributed by atoms with Crippen LogP contribution in [-0.4, -0.2) is 6.04 Å². The summed E-state index contributed by atoms with van der Waals surface area (Å²) in [5.41, 5.74) is 1.23. The molecule has 0 aromatic carbocycles. The summed E-state index contributed by atoms with van der Waals surface area (Å²) in [6, 6.07) is 0.544. The van der Waals surface area contributed by atoms with Gasteiger partial charge in [0, 0.05) is 11.7 Å². The third-order valence-electron chi connectivity index (χ3n) is 2.25. The number of hydrogen-bond donors (Lipinski definition) is 1. The molecule has 0 radical (unpaired) electrons. The van der Waals surface area contributed by atoms with Gasteiger partial charge in [-0.3, -0.25) is 0 Å². The summed E-state index contributed by atoms with van der Waals surface area (Å²) in [4.78, 5) is 0. The minimum Gasteiger partial charge on any atom is -0.387 e. The molecular weight excluding hydrogens is 134 g/mol. The molecule has 1 rings (SSSR count). The maximum Gasteiger partial charge on any atom is 0.0201 e. The highest BCUT2D eigenvalue weighted by Crippen LogP contribution is 2.30. The molecule has 1 fully saturated rings. The highest BCUT2D eigenvalue weighted by atomic mass is 14.9. The molecule has 0 aromatic rings. The first kappa shape index (κ1) is 8.63. The van der Waals surface area contributed by atoms with Gasteiger partial charge in [0.25, 0.3) is 0 Å². The van der Waals surface area contributed by atoms with Crippen LogP contribution in [-0.2, 0) is 0 Å². The van der Waals surface area contributed by atoms with Crippen molar-refractivity contribution >= 4 is 0 Å². The van der Waals surface area contributed by atoms with E-state index >= 15 is 0 Å². The summed E-state index contributed by atoms with van der Waals surface area (Å²) in [6.45, 7) is 8.32. The zero-order valence-electron chi connectivity index (χ0n) is 7.69. The lowest BCUT2D eigenvalue weighted by molar-refractivity contribution is 0.307. The summed E-state index contributed by atoms with van der Waals surface area (Å²) >= 11 is 0. The Labute approximate surface area is 69.9 Å². The fraction of sp³-hybridized carbons (Fsp3) is 0.800. The van der Waals surface area contributed by atoms with Crippen molar-refractivity contribution in [2.24, 2.45) is 5.92 Å². The molecular formula is C10H19N. The van der Waals surface area contributed by atoms with Crippen LogP contribution in [0.15, 0.2) is 12.3 Å². The third kappa shape index (κ3) is 2.96. The van der Waals surface area contributed by atoms with E-state index in [-0.39, 0.29) is 0 Å². The molecule has 1 saturated carbocycles. The van der Waals surface area contributed by atoms with Crippen LogP contribution >= 0.6 is 0 Å². The van der Waals surface area contributed by atoms with E-state index < -0.39 is 0 Å². The summed E-state index contributed by atoms with van der Waals surface area (Å²) in [5, 5.41) is 3.35. The molecule has 64 valence electrons. The van der Waals surface area contributed by atoms with Crippen LogP contribution in [0, 0.1) is 5.92 Å². The minimum absolute atomic E-state index is 0.544. The Kier molecular flexibility index (Phi) is 2.98. The van der Waals surface area contributed by atoms with Gasteiger partial charge in [0.05, 0.1) is 0 Å². The second-order valence-electron chi connectivity index (χ2n) is 3.90. The van der Waals surface area contributed by atoms with E-state index in [2.05, 4.69) is 25.7 Å². The van der Waals surface area contributed by atoms with Gasteiger partial charge in [-0.05, 0) is 26.2 Å². The lowest BCUT2D eigenvalue weighted by Gasteiger charge is -2.27. The third-order valence-corrected chi connectivity index (χ3v) is 2.25. The van der Waals surface area contributed by atoms with Gasteiger partial charge in [-0.1, -0.05) is 25.8 Å². The van der Waals surface area contributed by atoms with Gasteiger partial charge in [0.2, 0.25) is 0 Å². The normalized spacial score (nSPS) is 18.1. The predicted molar refractivity (Wildman–Crippen MR) is 49.4 cm³/mol. The van der Waals surface area contributed by atoms with Gasteiger partial charge in [-0.2, -0.15) is 0 Å². The molecule has 0 unspecified atom stereocenters. The molecule has 1 aliphatic carbocycles. The predicted octanol–water partition coefficient (Wildman–Crippen LogP) is 2.69. The van der Waals surface area contributed by atoms with Crippen molar-refractivity contribution in [1.82, 2.24) is 5.32 Å². The van der Waals surface area contributed by atoms with Crippen molar-refractivity contribution in [1.29, 1.82) is 0 Å². The molecule has 1 heteroatoms. The van der Waals surface area contributed by atoms with E-state index in [4.69, 9.17) is 0 Å². The molecule has 0 heterocycles. The highest BCUT2D eigenvalue weighted by Gasteiger charge is 2.17. The zero-order valence-corrected chi connectivity index (χ0v) is 7.69. The van der Waals surface area contributed by atoms with Crippen LogP contribution in [0.4, 0.5) is 0 Å². The van der Waals surface area contributed by atoms with Gasteiger partial charge in [0.1, 0.15) is 0 Å². The summed E-state index contributed by atoms with van der Waals surface area (Å²) in [6.07, 6.45) is 5.45. The average Bonchev–Trinajstić information content (AvgIpc) is 1.77. The molecule has 0 atom stereocenters. The lowest BCUT2D eigenvalue weighted by Crippen LogP contribution is -2.24. The molecule has 1 N–H and O–H groups in total. The number of rotatable bonds is 4. The van der Waals surface area contributed by atoms with E-state index in [0.29, 0.717) is 6.04 Å². The molecule has 0 spiro atoms. The standard InChI is InChI=1S/C10H19N/c1-8(2)11-9(3)7-10-5-4-6-10/h8,10-11H,3-7H2,1-2H3. The Morgan fingerprint density at radius 3 is 2.55 bits per heavy atom. The smallest absolute Gasteiger partial charge is 0.0201 e. The topological polar surface area (TPSA) is 12.0 Å². The molecule has 0 aromatic heterocycles. The summed E-state index contributed by atoms with van der Waals surface area (Å²) < 4.78 is 0. The van der Waals surface area contributed by atoms with Crippen molar-refractivity contribution in [3.63, 3.8) is 0 Å². The molecule has 0 bridgehead atoms. The first-order valence-electron chi connectivity index (χ1n) is 4.63. The Hall–Kier alpha value is -0.460. The van der Waals surface area contributed by atoms with Crippen molar-refractivity contribution < 1.29 is 0 Å². The first-order chi connectivity index (χ1) is 5.18. The minimum atomic E-state index is 0.544. The van der Waals surface area contributed by atoms with Crippen molar-refractivity contribution in [3.8, 4) is 0 Å². The lowest BCUT2D eigenvalue weighted by atomic mass is 9.82. The van der Waals surface area contributed by atoms with Gasteiger partial charge in [0.15, 0.2) is 0 Å². The van der Waals surface area contributed by atoms with E-state index in [1.165, 1.54) is 31.4 Å². The van der Waals surface area contributed by atoms with Crippen LogP contribution in [0.2, 0.25) is 0 Å². The summed E-state index contributed by atoms with van der Waals surface area (Å²) in [5.74, 6) is 0.939. The van der Waals surface area contributed by atoms with Crippen LogP contribution in [0.25, 0.3) is 0 Å². The second kappa shape index (κ2) is 3.80. The average molecular weight is 153 g/mol. The SMILES string of the molecule is C=C(CC1CCC1)NC(C)C. The fourth-order valence-electron chi connectivity index (χ4n) is 1.51. The Morgan fingerprint density at radius 2 is 2.18 bits per heavy atom. The second-order valence-corrected chi connectivity index (χ2v) is 3.90. The largest absolute Gasteiger partial charge is 0.387 e. The molecule has 1 nitrogen and oxygen atoms in total. The Morgan fingerprint density at radius 1 is 1.55 bits per heavy atom. The number of allylic oxidation sites excluding steroid dienone is 1. The number of hydrogen-bond acceptors (Lipinski definition) is 1. The maximum atomic E-state index is 4.01. The van der Waals surface area contributed by atoms with Crippen LogP contribution in [0.5, 0.6) is 0 Å². The quantitative estimate of drug-likeness (QED) is 0.654. The van der Waals surface area contributed by atoms with Gasteiger partial charge < -0.3 is 5.32 Å². The van der Waals surface area contributed by atoms with Crippen LogP contribution in [0.1, 0.15) is 39.5 Å². The van der Waals surface area contributed by atoms with Gasteiger partial charge in [-0.15, -0.1) is 0 Å². The van der Waals surface area contributed by atoms with Gasteiger partial charge >= 0.3 is 0 Å².